The van der Waals surface area contributed by atoms with Crippen molar-refractivity contribution in [2.24, 2.45) is 0 Å². The van der Waals surface area contributed by atoms with Crippen LogP contribution in [0.3, 0.4) is 0 Å². The van der Waals surface area contributed by atoms with E-state index in [4.69, 9.17) is 0 Å². The molecule has 2 aliphatic rings. The van der Waals surface area contributed by atoms with Crippen LogP contribution in [0.4, 0.5) is 5.69 Å². The number of likely N-dealkylation sites (N-methyl/N-ethyl adjacent to an activating group) is 1. The summed E-state index contributed by atoms with van der Waals surface area (Å²) in [6.45, 7) is 1.93. The summed E-state index contributed by atoms with van der Waals surface area (Å²) in [5, 5.41) is 10.3. The number of amides is 3. The van der Waals surface area contributed by atoms with Crippen molar-refractivity contribution in [3.63, 3.8) is 0 Å². The molecule has 4 rings (SSSR count). The van der Waals surface area contributed by atoms with Crippen LogP contribution in [0.25, 0.3) is 0 Å². The second-order valence-corrected chi connectivity index (χ2v) is 9.31. The predicted molar refractivity (Wildman–Crippen MR) is 120 cm³/mol. The number of hydrogen-bond donors (Lipinski definition) is 2. The first-order chi connectivity index (χ1) is 14.8. The maximum atomic E-state index is 13.1. The number of carbonyl (C=O) groups excluding carboxylic acids is 3. The van der Waals surface area contributed by atoms with E-state index in [1.165, 1.54) is 22.1 Å². The summed E-state index contributed by atoms with van der Waals surface area (Å²) in [5.74, 6) is -0.937. The number of hydrogen-bond acceptors (Lipinski definition) is 4. The van der Waals surface area contributed by atoms with Gasteiger partial charge >= 0.3 is 0 Å². The van der Waals surface area contributed by atoms with Crippen LogP contribution in [0.1, 0.15) is 60.0 Å². The van der Waals surface area contributed by atoms with Crippen molar-refractivity contribution in [3.05, 3.63) is 46.2 Å². The van der Waals surface area contributed by atoms with Crippen molar-refractivity contribution in [1.29, 1.82) is 0 Å². The lowest BCUT2D eigenvalue weighted by atomic mass is 9.92. The fourth-order valence-corrected chi connectivity index (χ4v) is 4.56. The molecule has 1 aliphatic carbocycles. The second-order valence-electron chi connectivity index (χ2n) is 8.45. The van der Waals surface area contributed by atoms with Crippen LogP contribution in [0.15, 0.2) is 34.8 Å². The summed E-state index contributed by atoms with van der Waals surface area (Å²) < 4.78 is 2.22. The van der Waals surface area contributed by atoms with Gasteiger partial charge in [0, 0.05) is 23.6 Å². The molecule has 0 radical (unpaired) electrons. The number of anilines is 1. The normalized spacial score (nSPS) is 21.5. The highest BCUT2D eigenvalue weighted by Crippen LogP contribution is 2.28. The zero-order valence-corrected chi connectivity index (χ0v) is 19.2. The van der Waals surface area contributed by atoms with Gasteiger partial charge in [-0.15, -0.1) is 0 Å². The topological polar surface area (TPSA) is 96.3 Å². The van der Waals surface area contributed by atoms with E-state index in [-0.39, 0.29) is 30.1 Å². The number of aromatic nitrogens is 2. The molecule has 0 spiro atoms. The first-order valence-corrected chi connectivity index (χ1v) is 11.3. The van der Waals surface area contributed by atoms with E-state index in [0.29, 0.717) is 11.4 Å². The lowest BCUT2D eigenvalue weighted by molar-refractivity contribution is -0.133. The van der Waals surface area contributed by atoms with Crippen LogP contribution in [0.2, 0.25) is 0 Å². The van der Waals surface area contributed by atoms with E-state index in [0.717, 1.165) is 30.2 Å². The summed E-state index contributed by atoms with van der Waals surface area (Å²) in [6, 6.07) is 8.87. The van der Waals surface area contributed by atoms with E-state index >= 15 is 0 Å². The molecule has 1 aromatic heterocycles. The maximum absolute atomic E-state index is 13.1. The zero-order chi connectivity index (χ0) is 22.2. The van der Waals surface area contributed by atoms with Gasteiger partial charge in [-0.25, -0.2) is 0 Å². The Morgan fingerprint density at radius 3 is 2.61 bits per heavy atom. The third-order valence-electron chi connectivity index (χ3n) is 6.29. The Labute approximate surface area is 189 Å². The molecule has 8 nitrogen and oxygen atoms in total. The Bertz CT molecular complexity index is 1030. The Balaban J connectivity index is 1.54. The van der Waals surface area contributed by atoms with Gasteiger partial charge in [-0.2, -0.15) is 5.10 Å². The van der Waals surface area contributed by atoms with Crippen molar-refractivity contribution < 1.29 is 14.4 Å². The monoisotopic (exact) mass is 487 g/mol. The first-order valence-electron chi connectivity index (χ1n) is 10.5. The zero-order valence-electron chi connectivity index (χ0n) is 17.7. The predicted octanol–water partition coefficient (Wildman–Crippen LogP) is 3.19. The molecule has 2 heterocycles. The van der Waals surface area contributed by atoms with Crippen molar-refractivity contribution in [1.82, 2.24) is 20.0 Å². The minimum absolute atomic E-state index is 0.129. The first kappa shape index (κ1) is 21.5. The minimum atomic E-state index is -1.08. The summed E-state index contributed by atoms with van der Waals surface area (Å²) in [4.78, 5) is 40.3. The molecule has 1 atom stereocenters. The number of nitrogens with zero attached hydrogens (tertiary/aromatic N) is 3. The molecule has 0 saturated heterocycles. The summed E-state index contributed by atoms with van der Waals surface area (Å²) >= 11 is 3.40. The Kier molecular flexibility index (Phi) is 5.88. The number of benzene rings is 1. The lowest BCUT2D eigenvalue weighted by Crippen LogP contribution is -2.63. The van der Waals surface area contributed by atoms with Crippen LogP contribution in [-0.2, 0) is 11.3 Å². The van der Waals surface area contributed by atoms with Gasteiger partial charge in [0.2, 0.25) is 5.91 Å². The highest BCUT2D eigenvalue weighted by atomic mass is 79.9. The third kappa shape index (κ3) is 4.11. The molecular formula is C22H26BrN5O3. The van der Waals surface area contributed by atoms with Crippen molar-refractivity contribution >= 4 is 39.3 Å². The number of carbonyl (C=O) groups is 3. The van der Waals surface area contributed by atoms with Gasteiger partial charge in [-0.1, -0.05) is 31.4 Å². The van der Waals surface area contributed by atoms with Crippen molar-refractivity contribution in [3.8, 4) is 0 Å². The van der Waals surface area contributed by atoms with Crippen molar-refractivity contribution in [2.45, 2.75) is 57.2 Å². The standard InChI is InChI=1S/C22H26BrN5O3/c1-22(21(31)24-14-8-4-3-5-9-14)13-28-18(20(30)27(22)2)12-17(26-28)19(29)25-16-11-7-6-10-15(16)23/h6-7,10-12,14H,3-5,8-9,13H2,1-2H3,(H,24,31)(H,25,29)/t22-/m0/s1. The average Bonchev–Trinajstić information content (AvgIpc) is 3.18. The van der Waals surface area contributed by atoms with Gasteiger partial charge < -0.3 is 15.5 Å². The van der Waals surface area contributed by atoms with E-state index in [2.05, 4.69) is 31.7 Å². The Hall–Kier alpha value is -2.68. The fraction of sp³-hybridized carbons (Fsp3) is 0.455. The highest BCUT2D eigenvalue weighted by molar-refractivity contribution is 9.10. The SMILES string of the molecule is CN1C(=O)c2cc(C(=O)Nc3ccccc3Br)nn2C[C@@]1(C)C(=O)NC1CCCCC1. The molecule has 1 aromatic carbocycles. The number of nitrogens with one attached hydrogen (secondary N) is 2. The van der Waals surface area contributed by atoms with Gasteiger partial charge in [0.1, 0.15) is 11.2 Å². The molecule has 1 fully saturated rings. The fourth-order valence-electron chi connectivity index (χ4n) is 4.17. The van der Waals surface area contributed by atoms with E-state index in [1.807, 2.05) is 18.2 Å². The highest BCUT2D eigenvalue weighted by Gasteiger charge is 2.46. The molecule has 31 heavy (non-hydrogen) atoms. The number of fused-ring (bicyclic) bond motifs is 1. The summed E-state index contributed by atoms with van der Waals surface area (Å²) in [5.41, 5.74) is -0.0465. The number of halogens is 1. The molecule has 1 saturated carbocycles. The Morgan fingerprint density at radius 1 is 1.19 bits per heavy atom. The maximum Gasteiger partial charge on any atom is 0.276 e. The van der Waals surface area contributed by atoms with Crippen LogP contribution in [0.5, 0.6) is 0 Å². The third-order valence-corrected chi connectivity index (χ3v) is 6.98. The molecule has 1 aliphatic heterocycles. The molecule has 9 heteroatoms. The number of rotatable bonds is 4. The quantitative estimate of drug-likeness (QED) is 0.691. The molecule has 0 unspecified atom stereocenters. The molecule has 164 valence electrons. The Morgan fingerprint density at radius 2 is 1.90 bits per heavy atom. The van der Waals surface area contributed by atoms with Crippen LogP contribution in [0, 0.1) is 0 Å². The van der Waals surface area contributed by atoms with Gasteiger partial charge in [-0.05, 0) is 47.8 Å². The van der Waals surface area contributed by atoms with Gasteiger partial charge in [-0.3, -0.25) is 19.1 Å². The second kappa shape index (κ2) is 8.45. The van der Waals surface area contributed by atoms with Crippen molar-refractivity contribution in [2.75, 3.05) is 12.4 Å². The van der Waals surface area contributed by atoms with Gasteiger partial charge in [0.05, 0.1) is 12.2 Å². The molecule has 3 amide bonds. The summed E-state index contributed by atoms with van der Waals surface area (Å²) in [6.07, 6.45) is 5.34. The van der Waals surface area contributed by atoms with Crippen LogP contribution in [-0.4, -0.2) is 51.0 Å². The van der Waals surface area contributed by atoms with E-state index in [1.54, 1.807) is 20.0 Å². The summed E-state index contributed by atoms with van der Waals surface area (Å²) in [7, 11) is 1.63. The van der Waals surface area contributed by atoms with E-state index < -0.39 is 11.4 Å². The molecule has 2 N–H and O–H groups in total. The smallest absolute Gasteiger partial charge is 0.276 e. The van der Waals surface area contributed by atoms with Crippen LogP contribution >= 0.6 is 15.9 Å². The van der Waals surface area contributed by atoms with E-state index in [9.17, 15) is 14.4 Å². The van der Waals surface area contributed by atoms with Gasteiger partial charge in [0.25, 0.3) is 11.8 Å². The molecule has 2 aromatic rings. The van der Waals surface area contributed by atoms with Crippen LogP contribution < -0.4 is 10.6 Å². The minimum Gasteiger partial charge on any atom is -0.351 e. The lowest BCUT2D eigenvalue weighted by Gasteiger charge is -2.41. The number of para-hydroxylation sites is 1. The molecule has 0 bridgehead atoms. The molecular weight excluding hydrogens is 462 g/mol. The average molecular weight is 488 g/mol. The largest absolute Gasteiger partial charge is 0.351 e. The van der Waals surface area contributed by atoms with Gasteiger partial charge in [0.15, 0.2) is 5.69 Å².